The molecule has 1 fully saturated rings. The first-order chi connectivity index (χ1) is 9.78. The fourth-order valence-corrected chi connectivity index (χ4v) is 2.47. The molecule has 2 N–H and O–H groups in total. The molecule has 0 amide bonds. The molecule has 1 aromatic heterocycles. The summed E-state index contributed by atoms with van der Waals surface area (Å²) in [4.78, 5) is 8.76. The summed E-state index contributed by atoms with van der Waals surface area (Å²) in [6.45, 7) is 5.44. The summed E-state index contributed by atoms with van der Waals surface area (Å²) in [6.07, 6.45) is 7.17. The quantitative estimate of drug-likeness (QED) is 0.446. The molecule has 7 heteroatoms. The molecule has 0 atom stereocenters. The van der Waals surface area contributed by atoms with Crippen LogP contribution in [0.3, 0.4) is 0 Å². The Labute approximate surface area is 143 Å². The van der Waals surface area contributed by atoms with Crippen molar-refractivity contribution in [2.45, 2.75) is 58.4 Å². The number of aromatic nitrogens is 2. The lowest BCUT2D eigenvalue weighted by Crippen LogP contribution is -2.44. The summed E-state index contributed by atoms with van der Waals surface area (Å²) < 4.78 is 5.08. The number of halogens is 1. The summed E-state index contributed by atoms with van der Waals surface area (Å²) in [7, 11) is 0. The van der Waals surface area contributed by atoms with Gasteiger partial charge in [0.05, 0.1) is 6.54 Å². The van der Waals surface area contributed by atoms with Gasteiger partial charge in [0.1, 0.15) is 0 Å². The second kappa shape index (κ2) is 9.97. The third-order valence-corrected chi connectivity index (χ3v) is 3.46. The Kier molecular flexibility index (Phi) is 8.63. The van der Waals surface area contributed by atoms with Crippen molar-refractivity contribution in [2.75, 3.05) is 13.1 Å². The molecule has 0 spiro atoms. The van der Waals surface area contributed by atoms with Crippen LogP contribution in [0.5, 0.6) is 0 Å². The molecule has 21 heavy (non-hydrogen) atoms. The van der Waals surface area contributed by atoms with Crippen LogP contribution in [0.15, 0.2) is 9.52 Å². The Bertz CT molecular complexity index is 429. The van der Waals surface area contributed by atoms with E-state index >= 15 is 0 Å². The summed E-state index contributed by atoms with van der Waals surface area (Å²) in [6, 6.07) is 0.562. The van der Waals surface area contributed by atoms with Gasteiger partial charge >= 0.3 is 0 Å². The summed E-state index contributed by atoms with van der Waals surface area (Å²) in [5.41, 5.74) is 0. The minimum absolute atomic E-state index is 0. The van der Waals surface area contributed by atoms with Gasteiger partial charge < -0.3 is 15.2 Å². The zero-order chi connectivity index (χ0) is 14.2. The van der Waals surface area contributed by atoms with Crippen LogP contribution in [0.4, 0.5) is 0 Å². The molecule has 0 saturated heterocycles. The fraction of sp³-hybridized carbons (Fsp3) is 0.786. The zero-order valence-electron chi connectivity index (χ0n) is 12.9. The minimum atomic E-state index is 0. The van der Waals surface area contributed by atoms with Crippen LogP contribution in [0.2, 0.25) is 0 Å². The van der Waals surface area contributed by atoms with Gasteiger partial charge in [-0.25, -0.2) is 0 Å². The van der Waals surface area contributed by atoms with Crippen LogP contribution in [0.1, 0.15) is 50.7 Å². The molecule has 1 aliphatic carbocycles. The van der Waals surface area contributed by atoms with Gasteiger partial charge in [0, 0.05) is 19.0 Å². The van der Waals surface area contributed by atoms with Gasteiger partial charge in [0.15, 0.2) is 11.8 Å². The standard InChI is InChI=1S/C14H25N5O.HI/c1-3-15-14(18-12-7-5-4-6-8-12)16-10-9-13-17-11(2)19-20-13;/h12H,3-10H2,1-2H3,(H2,15,16,18);1H. The summed E-state index contributed by atoms with van der Waals surface area (Å²) in [5.74, 6) is 2.23. The van der Waals surface area contributed by atoms with E-state index in [1.165, 1.54) is 32.1 Å². The summed E-state index contributed by atoms with van der Waals surface area (Å²) in [5, 5.41) is 10.6. The number of nitrogens with one attached hydrogen (secondary N) is 2. The highest BCUT2D eigenvalue weighted by Gasteiger charge is 2.14. The molecule has 2 rings (SSSR count). The predicted molar refractivity (Wildman–Crippen MR) is 94.1 cm³/mol. The van der Waals surface area contributed by atoms with Gasteiger partial charge in [0.2, 0.25) is 5.89 Å². The van der Waals surface area contributed by atoms with Crippen LogP contribution in [0, 0.1) is 6.92 Å². The van der Waals surface area contributed by atoms with E-state index in [1.54, 1.807) is 0 Å². The molecule has 1 aliphatic rings. The van der Waals surface area contributed by atoms with Crippen molar-refractivity contribution in [3.63, 3.8) is 0 Å². The van der Waals surface area contributed by atoms with Crippen LogP contribution < -0.4 is 10.6 Å². The minimum Gasteiger partial charge on any atom is -0.357 e. The van der Waals surface area contributed by atoms with Gasteiger partial charge in [-0.15, -0.1) is 24.0 Å². The lowest BCUT2D eigenvalue weighted by Gasteiger charge is -2.24. The van der Waals surface area contributed by atoms with Gasteiger partial charge in [-0.05, 0) is 26.7 Å². The average Bonchev–Trinajstić information content (AvgIpc) is 2.86. The van der Waals surface area contributed by atoms with E-state index in [9.17, 15) is 0 Å². The molecule has 0 bridgehead atoms. The maximum absolute atomic E-state index is 5.08. The number of rotatable bonds is 5. The molecule has 1 aromatic rings. The lowest BCUT2D eigenvalue weighted by molar-refractivity contribution is 0.376. The smallest absolute Gasteiger partial charge is 0.228 e. The Balaban J connectivity index is 0.00000220. The van der Waals surface area contributed by atoms with E-state index in [0.29, 0.717) is 30.7 Å². The summed E-state index contributed by atoms with van der Waals surface area (Å²) >= 11 is 0. The van der Waals surface area contributed by atoms with Crippen LogP contribution in [-0.2, 0) is 6.42 Å². The Morgan fingerprint density at radius 1 is 1.33 bits per heavy atom. The van der Waals surface area contributed by atoms with Crippen molar-refractivity contribution in [3.05, 3.63) is 11.7 Å². The third kappa shape index (κ3) is 6.62. The normalized spacial score (nSPS) is 16.4. The highest BCUT2D eigenvalue weighted by molar-refractivity contribution is 14.0. The average molecular weight is 407 g/mol. The zero-order valence-corrected chi connectivity index (χ0v) is 15.2. The molecular weight excluding hydrogens is 381 g/mol. The Morgan fingerprint density at radius 2 is 2.10 bits per heavy atom. The fourth-order valence-electron chi connectivity index (χ4n) is 2.47. The maximum Gasteiger partial charge on any atom is 0.228 e. The van der Waals surface area contributed by atoms with Crippen LogP contribution in [-0.4, -0.2) is 35.2 Å². The van der Waals surface area contributed by atoms with E-state index in [2.05, 4.69) is 32.7 Å². The molecule has 0 aliphatic heterocycles. The second-order valence-electron chi connectivity index (χ2n) is 5.23. The second-order valence-corrected chi connectivity index (χ2v) is 5.23. The first-order valence-corrected chi connectivity index (χ1v) is 7.62. The molecule has 1 heterocycles. The molecule has 120 valence electrons. The predicted octanol–water partition coefficient (Wildman–Crippen LogP) is 2.43. The van der Waals surface area contributed by atoms with E-state index in [4.69, 9.17) is 4.52 Å². The maximum atomic E-state index is 5.08. The van der Waals surface area contributed by atoms with Crippen LogP contribution in [0.25, 0.3) is 0 Å². The van der Waals surface area contributed by atoms with Gasteiger partial charge in [-0.3, -0.25) is 4.99 Å². The van der Waals surface area contributed by atoms with Crippen molar-refractivity contribution < 1.29 is 4.52 Å². The highest BCUT2D eigenvalue weighted by Crippen LogP contribution is 2.17. The Morgan fingerprint density at radius 3 is 2.71 bits per heavy atom. The molecule has 0 aromatic carbocycles. The number of nitrogens with zero attached hydrogens (tertiary/aromatic N) is 3. The SMILES string of the molecule is CCNC(=NCCc1nc(C)no1)NC1CCCCC1.I. The van der Waals surface area contributed by atoms with Crippen LogP contribution >= 0.6 is 24.0 Å². The molecule has 0 radical (unpaired) electrons. The van der Waals surface area contributed by atoms with E-state index in [-0.39, 0.29) is 24.0 Å². The first kappa shape index (κ1) is 18.2. The first-order valence-electron chi connectivity index (χ1n) is 7.62. The van der Waals surface area contributed by atoms with E-state index in [0.717, 1.165) is 12.5 Å². The van der Waals surface area contributed by atoms with E-state index in [1.807, 2.05) is 6.92 Å². The molecule has 1 saturated carbocycles. The van der Waals surface area contributed by atoms with Crippen molar-refractivity contribution in [2.24, 2.45) is 4.99 Å². The van der Waals surface area contributed by atoms with E-state index < -0.39 is 0 Å². The number of aliphatic imine (C=N–C) groups is 1. The van der Waals surface area contributed by atoms with Gasteiger partial charge in [0.25, 0.3) is 0 Å². The monoisotopic (exact) mass is 407 g/mol. The molecular formula is C14H26IN5O. The third-order valence-electron chi connectivity index (χ3n) is 3.46. The topological polar surface area (TPSA) is 75.3 Å². The number of hydrogen-bond acceptors (Lipinski definition) is 4. The van der Waals surface area contributed by atoms with Crippen molar-refractivity contribution in [1.82, 2.24) is 20.8 Å². The number of aryl methyl sites for hydroxylation is 1. The highest BCUT2D eigenvalue weighted by atomic mass is 127. The lowest BCUT2D eigenvalue weighted by atomic mass is 9.96. The van der Waals surface area contributed by atoms with Crippen molar-refractivity contribution in [1.29, 1.82) is 0 Å². The Hall–Kier alpha value is -0.860. The van der Waals surface area contributed by atoms with Gasteiger partial charge in [-0.2, -0.15) is 4.98 Å². The van der Waals surface area contributed by atoms with Crippen molar-refractivity contribution >= 4 is 29.9 Å². The number of guanidine groups is 1. The largest absolute Gasteiger partial charge is 0.357 e. The molecule has 0 unspecified atom stereocenters. The molecule has 6 nitrogen and oxygen atoms in total. The van der Waals surface area contributed by atoms with Gasteiger partial charge in [-0.1, -0.05) is 24.4 Å². The number of hydrogen-bond donors (Lipinski definition) is 2. The van der Waals surface area contributed by atoms with Crippen molar-refractivity contribution in [3.8, 4) is 0 Å².